The van der Waals surface area contributed by atoms with Crippen LogP contribution in [0, 0.1) is 6.92 Å². The number of amides is 1. The van der Waals surface area contributed by atoms with Crippen LogP contribution in [0.1, 0.15) is 28.9 Å². The average molecular weight is 383 g/mol. The van der Waals surface area contributed by atoms with Crippen molar-refractivity contribution in [3.63, 3.8) is 0 Å². The van der Waals surface area contributed by atoms with Crippen LogP contribution in [-0.2, 0) is 0 Å². The number of hydrogen-bond donors (Lipinski definition) is 0. The lowest BCUT2D eigenvalue weighted by Crippen LogP contribution is -2.27. The van der Waals surface area contributed by atoms with Gasteiger partial charge in [0.05, 0.1) is 28.7 Å². The van der Waals surface area contributed by atoms with Crippen LogP contribution in [0.2, 0.25) is 0 Å². The summed E-state index contributed by atoms with van der Waals surface area (Å²) in [6.07, 6.45) is 7.64. The van der Waals surface area contributed by atoms with Crippen LogP contribution in [0.3, 0.4) is 0 Å². The second kappa shape index (κ2) is 7.13. The van der Waals surface area contributed by atoms with E-state index < -0.39 is 0 Å². The summed E-state index contributed by atoms with van der Waals surface area (Å²) in [5.41, 5.74) is 5.03. The van der Waals surface area contributed by atoms with E-state index in [2.05, 4.69) is 10.1 Å². The van der Waals surface area contributed by atoms with Crippen LogP contribution in [0.15, 0.2) is 61.1 Å². The van der Waals surface area contributed by atoms with Crippen molar-refractivity contribution in [3.05, 3.63) is 72.3 Å². The summed E-state index contributed by atoms with van der Waals surface area (Å²) >= 11 is 0. The Balaban J connectivity index is 1.60. The number of rotatable bonds is 3. The predicted octanol–water partition coefficient (Wildman–Crippen LogP) is 4.03. The number of carbonyl (C=O) groups is 1. The number of para-hydroxylation sites is 1. The highest BCUT2D eigenvalue weighted by atomic mass is 16.2. The number of carbonyl (C=O) groups excluding carboxylic acids is 1. The number of nitrogens with zero attached hydrogens (tertiary/aromatic N) is 5. The maximum Gasteiger partial charge on any atom is 0.254 e. The second-order valence-corrected chi connectivity index (χ2v) is 7.40. The molecule has 6 heteroatoms. The van der Waals surface area contributed by atoms with Crippen molar-refractivity contribution in [2.45, 2.75) is 19.8 Å². The van der Waals surface area contributed by atoms with Crippen LogP contribution < -0.4 is 0 Å². The molecule has 4 aromatic rings. The molecule has 1 saturated heterocycles. The molecule has 1 amide bonds. The summed E-state index contributed by atoms with van der Waals surface area (Å²) in [7, 11) is 0. The van der Waals surface area contributed by atoms with Crippen molar-refractivity contribution in [3.8, 4) is 16.9 Å². The van der Waals surface area contributed by atoms with E-state index in [9.17, 15) is 4.79 Å². The molecule has 0 N–H and O–H groups in total. The number of hydrogen-bond acceptors (Lipinski definition) is 4. The lowest BCUT2D eigenvalue weighted by Gasteiger charge is -2.17. The summed E-state index contributed by atoms with van der Waals surface area (Å²) in [4.78, 5) is 24.2. The van der Waals surface area contributed by atoms with Crippen molar-refractivity contribution in [2.75, 3.05) is 13.1 Å². The fourth-order valence-corrected chi connectivity index (χ4v) is 3.86. The Hall–Kier alpha value is -3.54. The van der Waals surface area contributed by atoms with Gasteiger partial charge in [-0.15, -0.1) is 0 Å². The highest BCUT2D eigenvalue weighted by molar-refractivity contribution is 6.07. The molecule has 0 aliphatic carbocycles. The van der Waals surface area contributed by atoms with Gasteiger partial charge in [0.2, 0.25) is 0 Å². The Bertz CT molecular complexity index is 1210. The molecule has 1 aromatic carbocycles. The maximum atomic E-state index is 13.2. The normalized spacial score (nSPS) is 13.9. The zero-order chi connectivity index (χ0) is 19.8. The van der Waals surface area contributed by atoms with Crippen molar-refractivity contribution in [2.24, 2.45) is 0 Å². The fraction of sp³-hybridized carbons (Fsp3) is 0.217. The molecule has 29 heavy (non-hydrogen) atoms. The molecule has 1 aliphatic heterocycles. The summed E-state index contributed by atoms with van der Waals surface area (Å²) in [5.74, 6) is 0.0829. The minimum atomic E-state index is 0.0829. The monoisotopic (exact) mass is 383 g/mol. The predicted molar refractivity (Wildman–Crippen MR) is 112 cm³/mol. The molecule has 0 spiro atoms. The Morgan fingerprint density at radius 1 is 1.07 bits per heavy atom. The molecule has 5 rings (SSSR count). The molecule has 0 saturated carbocycles. The smallest absolute Gasteiger partial charge is 0.254 e. The van der Waals surface area contributed by atoms with Gasteiger partial charge >= 0.3 is 0 Å². The average Bonchev–Trinajstić information content (AvgIpc) is 3.45. The van der Waals surface area contributed by atoms with E-state index in [-0.39, 0.29) is 5.91 Å². The zero-order valence-electron chi connectivity index (χ0n) is 16.2. The molecule has 0 atom stereocenters. The van der Waals surface area contributed by atoms with Gasteiger partial charge in [0.15, 0.2) is 0 Å². The second-order valence-electron chi connectivity index (χ2n) is 7.40. The first-order chi connectivity index (χ1) is 14.2. The van der Waals surface area contributed by atoms with E-state index in [1.165, 1.54) is 0 Å². The summed E-state index contributed by atoms with van der Waals surface area (Å²) in [6, 6.07) is 13.6. The number of aryl methyl sites for hydroxylation is 1. The highest BCUT2D eigenvalue weighted by Crippen LogP contribution is 2.27. The first kappa shape index (κ1) is 17.6. The largest absolute Gasteiger partial charge is 0.339 e. The highest BCUT2D eigenvalue weighted by Gasteiger charge is 2.22. The standard InChI is InChI=1S/C23H21N5O/c1-16-12-18(8-9-24-16)28-15-17(14-25-28)22-13-20(23(29)27-10-4-5-11-27)19-6-2-3-7-21(19)26-22/h2-3,6-9,12-15H,4-5,10-11H2,1H3. The molecule has 1 aliphatic rings. The Morgan fingerprint density at radius 3 is 2.72 bits per heavy atom. The minimum Gasteiger partial charge on any atom is -0.339 e. The maximum absolute atomic E-state index is 13.2. The van der Waals surface area contributed by atoms with Crippen molar-refractivity contribution < 1.29 is 4.79 Å². The third-order valence-corrected chi connectivity index (χ3v) is 5.36. The first-order valence-electron chi connectivity index (χ1n) is 9.86. The number of aromatic nitrogens is 4. The fourth-order valence-electron chi connectivity index (χ4n) is 3.86. The quantitative estimate of drug-likeness (QED) is 0.536. The van der Waals surface area contributed by atoms with Crippen molar-refractivity contribution in [1.82, 2.24) is 24.6 Å². The van der Waals surface area contributed by atoms with Gasteiger partial charge in [0.1, 0.15) is 0 Å². The molecule has 3 aromatic heterocycles. The van der Waals surface area contributed by atoms with Crippen LogP contribution in [0.5, 0.6) is 0 Å². The molecular formula is C23H21N5O. The summed E-state index contributed by atoms with van der Waals surface area (Å²) in [5, 5.41) is 5.38. The minimum absolute atomic E-state index is 0.0829. The van der Waals surface area contributed by atoms with E-state index >= 15 is 0 Å². The van der Waals surface area contributed by atoms with Crippen LogP contribution in [-0.4, -0.2) is 43.6 Å². The summed E-state index contributed by atoms with van der Waals surface area (Å²) in [6.45, 7) is 3.60. The van der Waals surface area contributed by atoms with E-state index in [0.717, 1.165) is 59.5 Å². The third-order valence-electron chi connectivity index (χ3n) is 5.36. The SMILES string of the molecule is Cc1cc(-n2cc(-c3cc(C(=O)N4CCCC4)c4ccccc4n3)cn2)ccn1. The van der Waals surface area contributed by atoms with Crippen LogP contribution >= 0.6 is 0 Å². The zero-order valence-corrected chi connectivity index (χ0v) is 16.2. The van der Waals surface area contributed by atoms with E-state index in [1.807, 2.05) is 65.2 Å². The van der Waals surface area contributed by atoms with Crippen molar-refractivity contribution in [1.29, 1.82) is 0 Å². The Kier molecular flexibility index (Phi) is 4.31. The Labute approximate surface area is 168 Å². The van der Waals surface area contributed by atoms with E-state index in [4.69, 9.17) is 4.98 Å². The van der Waals surface area contributed by atoms with Gasteiger partial charge in [-0.1, -0.05) is 18.2 Å². The molecular weight excluding hydrogens is 362 g/mol. The van der Waals surface area contributed by atoms with Gasteiger partial charge in [0.25, 0.3) is 5.91 Å². The number of pyridine rings is 2. The van der Waals surface area contributed by atoms with Gasteiger partial charge in [-0.3, -0.25) is 9.78 Å². The molecule has 144 valence electrons. The molecule has 1 fully saturated rings. The van der Waals surface area contributed by atoms with Crippen molar-refractivity contribution >= 4 is 16.8 Å². The molecule has 0 bridgehead atoms. The molecule has 0 radical (unpaired) electrons. The molecule has 6 nitrogen and oxygen atoms in total. The molecule has 0 unspecified atom stereocenters. The lowest BCUT2D eigenvalue weighted by molar-refractivity contribution is 0.0794. The van der Waals surface area contributed by atoms with Gasteiger partial charge < -0.3 is 4.90 Å². The van der Waals surface area contributed by atoms with E-state index in [1.54, 1.807) is 12.4 Å². The first-order valence-corrected chi connectivity index (χ1v) is 9.86. The third kappa shape index (κ3) is 3.27. The van der Waals surface area contributed by atoms with Crippen LogP contribution in [0.4, 0.5) is 0 Å². The molecule has 4 heterocycles. The Morgan fingerprint density at radius 2 is 1.90 bits per heavy atom. The number of benzene rings is 1. The number of likely N-dealkylation sites (tertiary alicyclic amines) is 1. The van der Waals surface area contributed by atoms with Gasteiger partial charge in [-0.2, -0.15) is 5.10 Å². The van der Waals surface area contributed by atoms with E-state index in [0.29, 0.717) is 5.56 Å². The topological polar surface area (TPSA) is 63.9 Å². The van der Waals surface area contributed by atoms with Crippen LogP contribution in [0.25, 0.3) is 27.8 Å². The van der Waals surface area contributed by atoms with Gasteiger partial charge in [-0.05, 0) is 44.0 Å². The van der Waals surface area contributed by atoms with Gasteiger partial charge in [-0.25, -0.2) is 9.67 Å². The van der Waals surface area contributed by atoms with Gasteiger partial charge in [0, 0.05) is 42.1 Å². The number of fused-ring (bicyclic) bond motifs is 1. The lowest BCUT2D eigenvalue weighted by atomic mass is 10.0. The summed E-state index contributed by atoms with van der Waals surface area (Å²) < 4.78 is 1.81.